The number of aryl methyl sites for hydroxylation is 1. The van der Waals surface area contributed by atoms with Crippen molar-refractivity contribution in [3.05, 3.63) is 33.0 Å². The smallest absolute Gasteiger partial charge is 0.410 e. The Morgan fingerprint density at radius 1 is 1.16 bits per heavy atom. The third-order valence-corrected chi connectivity index (χ3v) is 12.0. The van der Waals surface area contributed by atoms with Crippen LogP contribution in [0.4, 0.5) is 15.6 Å². The maximum absolute atomic E-state index is 12.8. The van der Waals surface area contributed by atoms with E-state index in [2.05, 4.69) is 47.8 Å². The van der Waals surface area contributed by atoms with Crippen molar-refractivity contribution in [1.29, 1.82) is 5.26 Å². The molecule has 0 spiro atoms. The summed E-state index contributed by atoms with van der Waals surface area (Å²) >= 11 is 3.10. The molecule has 50 heavy (non-hydrogen) atoms. The second kappa shape index (κ2) is 14.4. The topological polar surface area (TPSA) is 123 Å². The molecule has 5 heterocycles. The highest BCUT2D eigenvalue weighted by Crippen LogP contribution is 2.51. The molecule has 12 nitrogen and oxygen atoms in total. The number of fused-ring (bicyclic) bond motifs is 1. The Morgan fingerprint density at radius 3 is 2.58 bits per heavy atom. The van der Waals surface area contributed by atoms with E-state index in [0.717, 1.165) is 65.6 Å². The molecule has 1 amide bonds. The molecule has 0 unspecified atom stereocenters. The first kappa shape index (κ1) is 36.0. The normalized spacial score (nSPS) is 22.0. The summed E-state index contributed by atoms with van der Waals surface area (Å²) in [4.78, 5) is 37.7. The lowest BCUT2D eigenvalue weighted by Gasteiger charge is -2.36. The van der Waals surface area contributed by atoms with Crippen molar-refractivity contribution >= 4 is 46.1 Å². The fourth-order valence-electron chi connectivity index (χ4n) is 7.19. The molecule has 0 saturated carbocycles. The summed E-state index contributed by atoms with van der Waals surface area (Å²) in [7, 11) is 6.00. The number of carbonyl (C=O) groups excluding carboxylic acids is 1. The molecule has 3 aromatic heterocycles. The number of ether oxygens (including phenoxy) is 2. The average Bonchev–Trinajstić information content (AvgIpc) is 3.82. The van der Waals surface area contributed by atoms with Gasteiger partial charge in [0.1, 0.15) is 34.3 Å². The van der Waals surface area contributed by atoms with Crippen molar-refractivity contribution in [2.24, 2.45) is 4.99 Å². The van der Waals surface area contributed by atoms with Gasteiger partial charge in [0.2, 0.25) is 0 Å². The number of nitriles is 1. The molecule has 6 rings (SSSR count). The number of likely N-dealkylation sites (tertiary alicyclic amines) is 1. The molecule has 14 heteroatoms. The fourth-order valence-corrected chi connectivity index (χ4v) is 9.37. The number of likely N-dealkylation sites (N-methyl/N-ethyl adjacent to an activating group) is 1. The number of amides is 1. The van der Waals surface area contributed by atoms with Crippen molar-refractivity contribution in [3.8, 4) is 23.5 Å². The Kier molecular flexibility index (Phi) is 10.4. The van der Waals surface area contributed by atoms with Crippen LogP contribution in [0.1, 0.15) is 81.2 Å². The van der Waals surface area contributed by atoms with Crippen LogP contribution in [0, 0.1) is 11.3 Å². The lowest BCUT2D eigenvalue weighted by molar-refractivity contribution is 0.0240. The van der Waals surface area contributed by atoms with E-state index >= 15 is 0 Å². The van der Waals surface area contributed by atoms with Crippen molar-refractivity contribution in [1.82, 2.24) is 29.0 Å². The Hall–Kier alpha value is -3.80. The van der Waals surface area contributed by atoms with Gasteiger partial charge in [-0.25, -0.2) is 9.79 Å². The van der Waals surface area contributed by atoms with Crippen molar-refractivity contribution < 1.29 is 14.3 Å². The molecular weight excluding hydrogens is 671 g/mol. The third-order valence-electron chi connectivity index (χ3n) is 9.79. The number of anilines is 1. The Bertz CT molecular complexity index is 1770. The van der Waals surface area contributed by atoms with Crippen LogP contribution in [0.5, 0.6) is 6.01 Å². The summed E-state index contributed by atoms with van der Waals surface area (Å²) in [6, 6.07) is 7.22. The van der Waals surface area contributed by atoms with Crippen LogP contribution in [-0.2, 0) is 16.6 Å². The number of aromatic nitrogens is 3. The van der Waals surface area contributed by atoms with Crippen LogP contribution in [0.3, 0.4) is 0 Å². The van der Waals surface area contributed by atoms with E-state index in [1.165, 1.54) is 16.4 Å². The predicted molar refractivity (Wildman–Crippen MR) is 199 cm³/mol. The lowest BCUT2D eigenvalue weighted by Crippen LogP contribution is -2.50. The number of thiophene rings is 1. The number of hydrogen-bond donors (Lipinski definition) is 0. The van der Waals surface area contributed by atoms with Crippen LogP contribution in [-0.4, -0.2) is 113 Å². The number of nitrogens with zero attached hydrogens (tertiary/aromatic N) is 9. The van der Waals surface area contributed by atoms with E-state index in [1.807, 2.05) is 45.8 Å². The number of carbonyl (C=O) groups is 1. The Balaban J connectivity index is 1.31. The summed E-state index contributed by atoms with van der Waals surface area (Å²) in [5.74, 6) is 0.745. The summed E-state index contributed by atoms with van der Waals surface area (Å²) in [5, 5.41) is 11.1. The first-order valence-electron chi connectivity index (χ1n) is 17.5. The van der Waals surface area contributed by atoms with Gasteiger partial charge in [0.15, 0.2) is 0 Å². The van der Waals surface area contributed by atoms with Gasteiger partial charge in [0, 0.05) is 67.6 Å². The minimum Gasteiger partial charge on any atom is -0.459 e. The van der Waals surface area contributed by atoms with Gasteiger partial charge >= 0.3 is 12.1 Å². The Labute approximate surface area is 303 Å². The molecule has 0 N–H and O–H groups in total. The third kappa shape index (κ3) is 7.60. The maximum atomic E-state index is 12.8. The number of aliphatic imine (C=N–C) groups is 1. The fraction of sp³-hybridized carbons (Fsp3) is 0.611. The highest BCUT2D eigenvalue weighted by atomic mass is 32.1. The minimum absolute atomic E-state index is 0.0903. The van der Waals surface area contributed by atoms with E-state index in [-0.39, 0.29) is 17.6 Å². The second-order valence-electron chi connectivity index (χ2n) is 15.0. The molecule has 3 aliphatic rings. The van der Waals surface area contributed by atoms with Crippen molar-refractivity contribution in [3.63, 3.8) is 0 Å². The molecule has 3 atom stereocenters. The molecular formula is C36H49N9O3S2. The molecule has 0 radical (unpaired) electrons. The first-order valence-corrected chi connectivity index (χ1v) is 19.1. The monoisotopic (exact) mass is 719 g/mol. The summed E-state index contributed by atoms with van der Waals surface area (Å²) in [6.45, 7) is 13.3. The van der Waals surface area contributed by atoms with Crippen molar-refractivity contribution in [2.45, 2.75) is 89.9 Å². The molecule has 2 aliphatic heterocycles. The van der Waals surface area contributed by atoms with Gasteiger partial charge in [-0.2, -0.15) is 19.6 Å². The van der Waals surface area contributed by atoms with Gasteiger partial charge in [-0.15, -0.1) is 11.3 Å². The zero-order valence-electron chi connectivity index (χ0n) is 30.5. The van der Waals surface area contributed by atoms with Gasteiger partial charge in [0.05, 0.1) is 17.6 Å². The van der Waals surface area contributed by atoms with E-state index in [1.54, 1.807) is 22.6 Å². The summed E-state index contributed by atoms with van der Waals surface area (Å²) in [5.41, 5.74) is 2.28. The van der Waals surface area contributed by atoms with Crippen LogP contribution < -0.4 is 9.64 Å². The van der Waals surface area contributed by atoms with Gasteiger partial charge in [0.25, 0.3) is 0 Å². The highest BCUT2D eigenvalue weighted by Gasteiger charge is 2.41. The number of piperazine rings is 1. The van der Waals surface area contributed by atoms with Gasteiger partial charge in [-0.05, 0) is 96.6 Å². The average molecular weight is 720 g/mol. The zero-order valence-corrected chi connectivity index (χ0v) is 32.2. The molecule has 2 fully saturated rings. The summed E-state index contributed by atoms with van der Waals surface area (Å²) in [6.07, 6.45) is 6.48. The zero-order chi connectivity index (χ0) is 35.8. The van der Waals surface area contributed by atoms with Gasteiger partial charge in [-0.3, -0.25) is 4.90 Å². The predicted octanol–water partition coefficient (Wildman–Crippen LogP) is 6.32. The molecule has 3 aromatic rings. The maximum Gasteiger partial charge on any atom is 0.410 e. The van der Waals surface area contributed by atoms with Crippen LogP contribution in [0.25, 0.3) is 11.4 Å². The van der Waals surface area contributed by atoms with Crippen molar-refractivity contribution in [2.75, 3.05) is 58.8 Å². The SMILES string of the molecule is C[C@H](Oc1nc(-c2cc([C@@]3(C)CCCc4sc(N=CN(C)C)c(C#N)c43)sn2)cc(N2CCN(C(=O)OC(C)(C)C)CC2)n1)[C@@H]1CCCN1C. The van der Waals surface area contributed by atoms with E-state index in [0.29, 0.717) is 49.5 Å². The van der Waals surface area contributed by atoms with Crippen LogP contribution in [0.2, 0.25) is 0 Å². The molecule has 0 bridgehead atoms. The standard InChI is InChI=1S/C36H49N9O3S2/c1-23(27-11-10-14-43(27)8)47-33-39-25(20-30(40-33)44-15-17-45(18-16-44)34(46)48-35(2,3)4)26-19-29(50-41-26)36(5)13-9-12-28-31(36)24(21-37)32(49-28)38-22-42(6)7/h19-20,22-23,27H,9-18H2,1-8H3/t23-,27-,36+/m0/s1. The van der Waals surface area contributed by atoms with E-state index < -0.39 is 5.60 Å². The van der Waals surface area contributed by atoms with Crippen LogP contribution >= 0.6 is 22.9 Å². The van der Waals surface area contributed by atoms with Gasteiger partial charge < -0.3 is 24.2 Å². The van der Waals surface area contributed by atoms with E-state index in [4.69, 9.17) is 23.8 Å². The van der Waals surface area contributed by atoms with Gasteiger partial charge in [-0.1, -0.05) is 6.92 Å². The number of rotatable bonds is 8. The quantitative estimate of drug-likeness (QED) is 0.193. The molecule has 268 valence electrons. The lowest BCUT2D eigenvalue weighted by atomic mass is 9.71. The second-order valence-corrected chi connectivity index (χ2v) is 16.9. The molecule has 2 saturated heterocycles. The summed E-state index contributed by atoms with van der Waals surface area (Å²) < 4.78 is 17.1. The van der Waals surface area contributed by atoms with E-state index in [9.17, 15) is 10.1 Å². The highest BCUT2D eigenvalue weighted by molar-refractivity contribution is 7.16. The Morgan fingerprint density at radius 2 is 1.92 bits per heavy atom. The molecule has 1 aliphatic carbocycles. The van der Waals surface area contributed by atoms with Crippen LogP contribution in [0.15, 0.2) is 17.1 Å². The first-order chi connectivity index (χ1) is 23.8. The largest absolute Gasteiger partial charge is 0.459 e. The molecule has 0 aromatic carbocycles. The number of hydrogen-bond acceptors (Lipinski definition) is 12. The minimum atomic E-state index is -0.545.